The van der Waals surface area contributed by atoms with E-state index in [2.05, 4.69) is 4.72 Å². The van der Waals surface area contributed by atoms with Gasteiger partial charge in [0.2, 0.25) is 10.0 Å². The molecule has 1 amide bonds. The smallest absolute Gasteiger partial charge is 0.321 e. The fourth-order valence-electron chi connectivity index (χ4n) is 3.10. The van der Waals surface area contributed by atoms with Crippen LogP contribution in [-0.4, -0.2) is 39.5 Å². The van der Waals surface area contributed by atoms with Crippen LogP contribution in [-0.2, 0) is 30.8 Å². The lowest BCUT2D eigenvalue weighted by molar-refractivity contribution is -0.152. The number of ether oxygens (including phenoxy) is 1. The number of anilines is 1. The number of nitrogens with zero attached hydrogens (tertiary/aromatic N) is 2. The predicted octanol–water partition coefficient (Wildman–Crippen LogP) is 1.36. The Kier molecular flexibility index (Phi) is 5.96. The normalized spacial score (nSPS) is 14.0. The molecule has 0 saturated heterocycles. The molecule has 0 saturated carbocycles. The lowest BCUT2D eigenvalue weighted by Crippen LogP contribution is -2.41. The molecule has 9 heteroatoms. The van der Waals surface area contributed by atoms with Gasteiger partial charge in [0.15, 0.2) is 6.10 Å². The second kappa shape index (κ2) is 8.43. The maximum Gasteiger partial charge on any atom is 0.321 e. The lowest BCUT2D eigenvalue weighted by Gasteiger charge is -2.21. The largest absolute Gasteiger partial charge is 0.452 e. The number of rotatable bonds is 6. The van der Waals surface area contributed by atoms with Gasteiger partial charge in [-0.3, -0.25) is 9.59 Å². The Labute approximate surface area is 168 Å². The third-order valence-corrected chi connectivity index (χ3v) is 5.97. The number of esters is 1. The number of carbonyl (C=O) groups excluding carboxylic acids is 2. The molecule has 1 atom stereocenters. The number of sulfonamides is 1. The summed E-state index contributed by atoms with van der Waals surface area (Å²) in [6.45, 7) is 1.29. The Morgan fingerprint density at radius 2 is 1.90 bits per heavy atom. The van der Waals surface area contributed by atoms with E-state index in [0.29, 0.717) is 6.54 Å². The van der Waals surface area contributed by atoms with Crippen molar-refractivity contribution >= 4 is 27.6 Å². The summed E-state index contributed by atoms with van der Waals surface area (Å²) in [6, 6.07) is 14.9. The van der Waals surface area contributed by atoms with Gasteiger partial charge in [-0.2, -0.15) is 9.98 Å². The van der Waals surface area contributed by atoms with Gasteiger partial charge in [-0.05, 0) is 37.1 Å². The summed E-state index contributed by atoms with van der Waals surface area (Å²) < 4.78 is 31.9. The van der Waals surface area contributed by atoms with Crippen molar-refractivity contribution in [2.75, 3.05) is 18.0 Å². The molecule has 150 valence electrons. The summed E-state index contributed by atoms with van der Waals surface area (Å²) in [4.78, 5) is 26.0. The molecule has 0 bridgehead atoms. The van der Waals surface area contributed by atoms with Gasteiger partial charge in [-0.15, -0.1) is 0 Å². The van der Waals surface area contributed by atoms with Gasteiger partial charge in [0.1, 0.15) is 12.6 Å². The van der Waals surface area contributed by atoms with Crippen molar-refractivity contribution in [1.29, 1.82) is 5.26 Å². The van der Waals surface area contributed by atoms with Crippen LogP contribution in [0.25, 0.3) is 0 Å². The first kappa shape index (κ1) is 20.5. The first-order valence-corrected chi connectivity index (χ1v) is 10.4. The van der Waals surface area contributed by atoms with Crippen LogP contribution in [0.1, 0.15) is 18.1 Å². The average Bonchev–Trinajstić information content (AvgIpc) is 3.15. The summed E-state index contributed by atoms with van der Waals surface area (Å²) in [7, 11) is -4.08. The van der Waals surface area contributed by atoms with Gasteiger partial charge in [0, 0.05) is 12.2 Å². The van der Waals surface area contributed by atoms with Crippen molar-refractivity contribution in [2.24, 2.45) is 0 Å². The van der Waals surface area contributed by atoms with E-state index in [-0.39, 0.29) is 16.4 Å². The number of benzene rings is 2. The minimum absolute atomic E-state index is 0.0374. The van der Waals surface area contributed by atoms with Crippen LogP contribution in [0.4, 0.5) is 5.69 Å². The molecular weight excluding hydrogens is 394 g/mol. The van der Waals surface area contributed by atoms with Crippen molar-refractivity contribution in [2.45, 2.75) is 24.3 Å². The molecule has 1 aliphatic heterocycles. The van der Waals surface area contributed by atoms with E-state index < -0.39 is 28.6 Å². The van der Waals surface area contributed by atoms with Gasteiger partial charge < -0.3 is 9.64 Å². The fourth-order valence-corrected chi connectivity index (χ4v) is 4.23. The predicted molar refractivity (Wildman–Crippen MR) is 104 cm³/mol. The quantitative estimate of drug-likeness (QED) is 0.715. The van der Waals surface area contributed by atoms with Crippen molar-refractivity contribution in [1.82, 2.24) is 4.72 Å². The molecule has 1 N–H and O–H groups in total. The first-order valence-electron chi connectivity index (χ1n) is 8.91. The molecule has 2 aromatic carbocycles. The number of nitrogens with one attached hydrogen (secondary N) is 1. The van der Waals surface area contributed by atoms with E-state index >= 15 is 0 Å². The molecule has 1 heterocycles. The highest BCUT2D eigenvalue weighted by Crippen LogP contribution is 2.28. The van der Waals surface area contributed by atoms with Crippen molar-refractivity contribution in [3.8, 4) is 6.07 Å². The van der Waals surface area contributed by atoms with E-state index in [1.165, 1.54) is 31.2 Å². The Bertz CT molecular complexity index is 1090. The number of para-hydroxylation sites is 1. The number of hydrogen-bond acceptors (Lipinski definition) is 6. The zero-order chi connectivity index (χ0) is 21.0. The number of carbonyl (C=O) groups is 2. The van der Waals surface area contributed by atoms with Crippen molar-refractivity contribution < 1.29 is 22.7 Å². The van der Waals surface area contributed by atoms with Crippen LogP contribution in [0.5, 0.6) is 0 Å². The molecule has 1 aliphatic rings. The highest BCUT2D eigenvalue weighted by molar-refractivity contribution is 7.89. The Morgan fingerprint density at radius 1 is 1.21 bits per heavy atom. The molecule has 0 radical (unpaired) electrons. The Hall–Kier alpha value is -3.22. The van der Waals surface area contributed by atoms with Crippen LogP contribution in [0.2, 0.25) is 0 Å². The number of amides is 1. The van der Waals surface area contributed by atoms with E-state index in [9.17, 15) is 18.0 Å². The van der Waals surface area contributed by atoms with Gasteiger partial charge in [-0.25, -0.2) is 8.42 Å². The third kappa shape index (κ3) is 4.45. The molecule has 0 unspecified atom stereocenters. The SMILES string of the molecule is C[C@@H](OC(=O)CNS(=O)(=O)c1ccccc1C#N)C(=O)N1CCc2ccccc21. The third-order valence-electron chi connectivity index (χ3n) is 4.51. The molecule has 0 aromatic heterocycles. The molecule has 3 rings (SSSR count). The highest BCUT2D eigenvalue weighted by Gasteiger charge is 2.30. The Balaban J connectivity index is 1.60. The summed E-state index contributed by atoms with van der Waals surface area (Å²) >= 11 is 0. The second-order valence-corrected chi connectivity index (χ2v) is 8.17. The van der Waals surface area contributed by atoms with Crippen LogP contribution in [0, 0.1) is 11.3 Å². The maximum atomic E-state index is 12.6. The molecule has 0 aliphatic carbocycles. The topological polar surface area (TPSA) is 117 Å². The van der Waals surface area contributed by atoms with Crippen molar-refractivity contribution in [3.63, 3.8) is 0 Å². The van der Waals surface area contributed by atoms with Crippen LogP contribution >= 0.6 is 0 Å². The van der Waals surface area contributed by atoms with Gasteiger partial charge in [-0.1, -0.05) is 30.3 Å². The molecule has 0 fully saturated rings. The summed E-state index contributed by atoms with van der Waals surface area (Å²) in [6.07, 6.45) is -0.342. The number of nitriles is 1. The number of hydrogen-bond donors (Lipinski definition) is 1. The fraction of sp³-hybridized carbons (Fsp3) is 0.250. The average molecular weight is 413 g/mol. The van der Waals surface area contributed by atoms with E-state index in [1.54, 1.807) is 11.0 Å². The lowest BCUT2D eigenvalue weighted by atomic mass is 10.2. The minimum Gasteiger partial charge on any atom is -0.452 e. The molecule has 29 heavy (non-hydrogen) atoms. The summed E-state index contributed by atoms with van der Waals surface area (Å²) in [5.74, 6) is -1.27. The number of fused-ring (bicyclic) bond motifs is 1. The van der Waals surface area contributed by atoms with Crippen LogP contribution < -0.4 is 9.62 Å². The van der Waals surface area contributed by atoms with Gasteiger partial charge >= 0.3 is 5.97 Å². The van der Waals surface area contributed by atoms with E-state index in [4.69, 9.17) is 10.00 Å². The summed E-state index contributed by atoms with van der Waals surface area (Å²) in [5.41, 5.74) is 1.79. The van der Waals surface area contributed by atoms with Crippen molar-refractivity contribution in [3.05, 3.63) is 59.7 Å². The molecular formula is C20H19N3O5S. The monoisotopic (exact) mass is 413 g/mol. The minimum atomic E-state index is -4.08. The molecule has 0 spiro atoms. The maximum absolute atomic E-state index is 12.6. The highest BCUT2D eigenvalue weighted by atomic mass is 32.2. The van der Waals surface area contributed by atoms with Gasteiger partial charge in [0.25, 0.3) is 5.91 Å². The molecule has 2 aromatic rings. The van der Waals surface area contributed by atoms with E-state index in [0.717, 1.165) is 17.7 Å². The van der Waals surface area contributed by atoms with E-state index in [1.807, 2.05) is 24.3 Å². The van der Waals surface area contributed by atoms with Crippen LogP contribution in [0.15, 0.2) is 53.4 Å². The first-order chi connectivity index (χ1) is 13.8. The molecule has 8 nitrogen and oxygen atoms in total. The summed E-state index contributed by atoms with van der Waals surface area (Å²) in [5, 5.41) is 9.04. The zero-order valence-electron chi connectivity index (χ0n) is 15.7. The van der Waals surface area contributed by atoms with Gasteiger partial charge in [0.05, 0.1) is 10.5 Å². The Morgan fingerprint density at radius 3 is 2.66 bits per heavy atom. The standard InChI is InChI=1S/C20H19N3O5S/c1-14(20(25)23-11-10-15-6-2-4-8-17(15)23)28-19(24)13-22-29(26,27)18-9-5-3-7-16(18)12-21/h2-9,14,22H,10-11,13H2,1H3/t14-/m1/s1. The van der Waals surface area contributed by atoms with Crippen LogP contribution in [0.3, 0.4) is 0 Å². The zero-order valence-corrected chi connectivity index (χ0v) is 16.5. The second-order valence-electron chi connectivity index (χ2n) is 6.43.